The van der Waals surface area contributed by atoms with E-state index in [4.69, 9.17) is 9.47 Å². The van der Waals surface area contributed by atoms with Gasteiger partial charge in [-0.25, -0.2) is 4.79 Å². The van der Waals surface area contributed by atoms with Crippen molar-refractivity contribution in [2.75, 3.05) is 46.9 Å². The minimum Gasteiger partial charge on any atom is -0.497 e. The molecule has 1 aromatic rings. The van der Waals surface area contributed by atoms with E-state index < -0.39 is 0 Å². The molecule has 0 unspecified atom stereocenters. The standard InChI is InChI=1S/C16H24N2O3/c1-13(12-18-10-8-17(2)9-11-18)21-16(19)14-4-6-15(20-3)7-5-14/h4-7,13H,8-12H2,1-3H3/t13-/m0/s1. The average molecular weight is 292 g/mol. The van der Waals surface area contributed by atoms with Gasteiger partial charge in [-0.2, -0.15) is 0 Å². The minimum atomic E-state index is -0.278. The van der Waals surface area contributed by atoms with Crippen molar-refractivity contribution in [3.8, 4) is 5.75 Å². The van der Waals surface area contributed by atoms with Gasteiger partial charge >= 0.3 is 5.97 Å². The number of carbonyl (C=O) groups is 1. The molecule has 1 atom stereocenters. The third-order valence-corrected chi connectivity index (χ3v) is 3.75. The van der Waals surface area contributed by atoms with Crippen LogP contribution in [-0.2, 0) is 4.74 Å². The van der Waals surface area contributed by atoms with Crippen LogP contribution in [0.2, 0.25) is 0 Å². The molecule has 0 bridgehead atoms. The summed E-state index contributed by atoms with van der Waals surface area (Å²) in [6, 6.07) is 6.98. The van der Waals surface area contributed by atoms with Gasteiger partial charge in [0, 0.05) is 32.7 Å². The Balaban J connectivity index is 1.81. The summed E-state index contributed by atoms with van der Waals surface area (Å²) in [5.41, 5.74) is 0.557. The number of benzene rings is 1. The first kappa shape index (κ1) is 15.8. The number of ether oxygens (including phenoxy) is 2. The van der Waals surface area contributed by atoms with E-state index in [1.807, 2.05) is 6.92 Å². The summed E-state index contributed by atoms with van der Waals surface area (Å²) >= 11 is 0. The zero-order chi connectivity index (χ0) is 15.2. The molecule has 116 valence electrons. The van der Waals surface area contributed by atoms with Crippen molar-refractivity contribution in [2.45, 2.75) is 13.0 Å². The van der Waals surface area contributed by atoms with E-state index in [2.05, 4.69) is 16.8 Å². The summed E-state index contributed by atoms with van der Waals surface area (Å²) in [6.45, 7) is 6.93. The van der Waals surface area contributed by atoms with Gasteiger partial charge in [-0.1, -0.05) is 0 Å². The Kier molecular flexibility index (Phi) is 5.59. The van der Waals surface area contributed by atoms with Crippen molar-refractivity contribution in [1.82, 2.24) is 9.80 Å². The van der Waals surface area contributed by atoms with E-state index in [1.165, 1.54) is 0 Å². The summed E-state index contributed by atoms with van der Waals surface area (Å²) in [7, 11) is 3.73. The number of hydrogen-bond donors (Lipinski definition) is 0. The Bertz CT molecular complexity index is 453. The van der Waals surface area contributed by atoms with Crippen LogP contribution < -0.4 is 4.74 Å². The van der Waals surface area contributed by atoms with Crippen molar-refractivity contribution in [2.24, 2.45) is 0 Å². The molecule has 1 heterocycles. The van der Waals surface area contributed by atoms with Crippen LogP contribution in [0, 0.1) is 0 Å². The molecule has 0 radical (unpaired) electrons. The molecular formula is C16H24N2O3. The lowest BCUT2D eigenvalue weighted by molar-refractivity contribution is 0.0207. The highest BCUT2D eigenvalue weighted by Crippen LogP contribution is 2.13. The topological polar surface area (TPSA) is 42.0 Å². The van der Waals surface area contributed by atoms with Gasteiger partial charge in [0.25, 0.3) is 0 Å². The van der Waals surface area contributed by atoms with Crippen LogP contribution in [-0.4, -0.2) is 68.8 Å². The second-order valence-electron chi connectivity index (χ2n) is 5.55. The highest BCUT2D eigenvalue weighted by molar-refractivity contribution is 5.89. The summed E-state index contributed by atoms with van der Waals surface area (Å²) in [5, 5.41) is 0. The Morgan fingerprint density at radius 1 is 1.19 bits per heavy atom. The SMILES string of the molecule is COc1ccc(C(=O)O[C@@H](C)CN2CCN(C)CC2)cc1. The van der Waals surface area contributed by atoms with E-state index in [0.29, 0.717) is 5.56 Å². The number of rotatable bonds is 5. The van der Waals surface area contributed by atoms with Crippen molar-refractivity contribution in [3.05, 3.63) is 29.8 Å². The van der Waals surface area contributed by atoms with Crippen molar-refractivity contribution >= 4 is 5.97 Å². The number of esters is 1. The molecule has 0 saturated carbocycles. The van der Waals surface area contributed by atoms with E-state index in [0.717, 1.165) is 38.5 Å². The molecule has 0 N–H and O–H groups in total. The first-order valence-electron chi connectivity index (χ1n) is 7.34. The van der Waals surface area contributed by atoms with E-state index in [1.54, 1.807) is 31.4 Å². The molecule has 1 saturated heterocycles. The van der Waals surface area contributed by atoms with Crippen LogP contribution in [0.25, 0.3) is 0 Å². The molecule has 0 amide bonds. The summed E-state index contributed by atoms with van der Waals surface area (Å²) < 4.78 is 10.6. The second kappa shape index (κ2) is 7.43. The molecule has 2 rings (SSSR count). The zero-order valence-electron chi connectivity index (χ0n) is 13.0. The number of likely N-dealkylation sites (N-methyl/N-ethyl adjacent to an activating group) is 1. The molecule has 1 aromatic carbocycles. The van der Waals surface area contributed by atoms with Gasteiger partial charge in [0.2, 0.25) is 0 Å². The maximum atomic E-state index is 12.1. The predicted molar refractivity (Wildman–Crippen MR) is 81.8 cm³/mol. The van der Waals surface area contributed by atoms with Crippen molar-refractivity contribution in [3.63, 3.8) is 0 Å². The Morgan fingerprint density at radius 2 is 1.81 bits per heavy atom. The average Bonchev–Trinajstić information content (AvgIpc) is 2.49. The lowest BCUT2D eigenvalue weighted by Crippen LogP contribution is -2.47. The number of piperazine rings is 1. The molecular weight excluding hydrogens is 268 g/mol. The molecule has 21 heavy (non-hydrogen) atoms. The fourth-order valence-electron chi connectivity index (χ4n) is 2.41. The second-order valence-corrected chi connectivity index (χ2v) is 5.55. The van der Waals surface area contributed by atoms with Crippen LogP contribution in [0.4, 0.5) is 0 Å². The van der Waals surface area contributed by atoms with E-state index >= 15 is 0 Å². The molecule has 1 fully saturated rings. The van der Waals surface area contributed by atoms with Gasteiger partial charge in [-0.15, -0.1) is 0 Å². The smallest absolute Gasteiger partial charge is 0.338 e. The molecule has 5 heteroatoms. The van der Waals surface area contributed by atoms with E-state index in [9.17, 15) is 4.79 Å². The zero-order valence-corrected chi connectivity index (χ0v) is 13.0. The molecule has 1 aliphatic heterocycles. The molecule has 0 aromatic heterocycles. The fourth-order valence-corrected chi connectivity index (χ4v) is 2.41. The number of nitrogens with zero attached hydrogens (tertiary/aromatic N) is 2. The normalized spacial score (nSPS) is 18.2. The van der Waals surface area contributed by atoms with Gasteiger partial charge in [0.1, 0.15) is 11.9 Å². The molecule has 0 spiro atoms. The third kappa shape index (κ3) is 4.72. The molecule has 1 aliphatic rings. The van der Waals surface area contributed by atoms with Crippen LogP contribution in [0.5, 0.6) is 5.75 Å². The first-order valence-corrected chi connectivity index (χ1v) is 7.34. The maximum Gasteiger partial charge on any atom is 0.338 e. The lowest BCUT2D eigenvalue weighted by atomic mass is 10.2. The van der Waals surface area contributed by atoms with Crippen molar-refractivity contribution in [1.29, 1.82) is 0 Å². The first-order chi connectivity index (χ1) is 10.1. The van der Waals surface area contributed by atoms with Gasteiger partial charge in [0.05, 0.1) is 12.7 Å². The highest BCUT2D eigenvalue weighted by atomic mass is 16.5. The number of methoxy groups -OCH3 is 1. The van der Waals surface area contributed by atoms with Gasteiger partial charge < -0.3 is 14.4 Å². The van der Waals surface area contributed by atoms with Gasteiger partial charge in [-0.05, 0) is 38.2 Å². The summed E-state index contributed by atoms with van der Waals surface area (Å²) in [6.07, 6.45) is -0.108. The third-order valence-electron chi connectivity index (χ3n) is 3.75. The Morgan fingerprint density at radius 3 is 2.38 bits per heavy atom. The quantitative estimate of drug-likeness (QED) is 0.769. The van der Waals surface area contributed by atoms with Crippen LogP contribution >= 0.6 is 0 Å². The van der Waals surface area contributed by atoms with Crippen LogP contribution in [0.1, 0.15) is 17.3 Å². The monoisotopic (exact) mass is 292 g/mol. The van der Waals surface area contributed by atoms with Gasteiger partial charge in [0.15, 0.2) is 0 Å². The van der Waals surface area contributed by atoms with Crippen molar-refractivity contribution < 1.29 is 14.3 Å². The van der Waals surface area contributed by atoms with Crippen LogP contribution in [0.3, 0.4) is 0 Å². The Labute approximate surface area is 126 Å². The Hall–Kier alpha value is -1.59. The molecule has 0 aliphatic carbocycles. The summed E-state index contributed by atoms with van der Waals surface area (Å²) in [4.78, 5) is 16.7. The summed E-state index contributed by atoms with van der Waals surface area (Å²) in [5.74, 6) is 0.455. The van der Waals surface area contributed by atoms with Gasteiger partial charge in [-0.3, -0.25) is 4.90 Å². The number of carbonyl (C=O) groups excluding carboxylic acids is 1. The highest BCUT2D eigenvalue weighted by Gasteiger charge is 2.18. The number of hydrogen-bond acceptors (Lipinski definition) is 5. The largest absolute Gasteiger partial charge is 0.497 e. The fraction of sp³-hybridized carbons (Fsp3) is 0.562. The predicted octanol–water partition coefficient (Wildman–Crippen LogP) is 1.49. The lowest BCUT2D eigenvalue weighted by Gasteiger charge is -2.33. The minimum absolute atomic E-state index is 0.108. The molecule has 5 nitrogen and oxygen atoms in total. The maximum absolute atomic E-state index is 12.1. The van der Waals surface area contributed by atoms with E-state index in [-0.39, 0.29) is 12.1 Å². The van der Waals surface area contributed by atoms with Crippen LogP contribution in [0.15, 0.2) is 24.3 Å².